The fourth-order valence-corrected chi connectivity index (χ4v) is 2.16. The number of thiophene rings is 1. The molecule has 0 unspecified atom stereocenters. The summed E-state index contributed by atoms with van der Waals surface area (Å²) in [6.45, 7) is 3.36. The Kier molecular flexibility index (Phi) is 1.51. The third kappa shape index (κ3) is 0.976. The van der Waals surface area contributed by atoms with Gasteiger partial charge < -0.3 is 5.32 Å². The molecule has 1 saturated heterocycles. The minimum Gasteiger partial charge on any atom is -0.309 e. The average molecular weight is 153 g/mol. The lowest BCUT2D eigenvalue weighted by molar-refractivity contribution is 0.389. The first-order valence-corrected chi connectivity index (χ1v) is 4.47. The van der Waals surface area contributed by atoms with Gasteiger partial charge in [0.2, 0.25) is 0 Å². The average Bonchev–Trinajstić information content (AvgIpc) is 2.10. The van der Waals surface area contributed by atoms with Gasteiger partial charge in [0, 0.05) is 15.8 Å². The highest BCUT2D eigenvalue weighted by molar-refractivity contribution is 7.12. The van der Waals surface area contributed by atoms with Crippen molar-refractivity contribution in [3.05, 3.63) is 21.9 Å². The van der Waals surface area contributed by atoms with E-state index >= 15 is 0 Å². The van der Waals surface area contributed by atoms with Crippen LogP contribution in [0.4, 0.5) is 0 Å². The molecule has 1 nitrogen and oxygen atoms in total. The molecule has 0 amide bonds. The summed E-state index contributed by atoms with van der Waals surface area (Å²) in [5.74, 6) is 0. The molecule has 54 valence electrons. The summed E-state index contributed by atoms with van der Waals surface area (Å²) in [7, 11) is 0. The first kappa shape index (κ1) is 6.38. The minimum atomic E-state index is 0.679. The van der Waals surface area contributed by atoms with Crippen LogP contribution < -0.4 is 5.32 Å². The number of hydrogen-bond donors (Lipinski definition) is 1. The van der Waals surface area contributed by atoms with Crippen molar-refractivity contribution in [2.45, 2.75) is 19.4 Å². The zero-order valence-corrected chi connectivity index (χ0v) is 6.87. The highest BCUT2D eigenvalue weighted by Crippen LogP contribution is 2.28. The van der Waals surface area contributed by atoms with Gasteiger partial charge in [0.25, 0.3) is 0 Å². The molecule has 0 aromatic carbocycles. The van der Waals surface area contributed by atoms with E-state index in [1.54, 1.807) is 0 Å². The lowest BCUT2D eigenvalue weighted by atomic mass is 10.1. The first-order valence-electron chi connectivity index (χ1n) is 3.66. The zero-order chi connectivity index (χ0) is 6.97. The Balaban J connectivity index is 2.17. The second-order valence-electron chi connectivity index (χ2n) is 2.74. The molecule has 1 atom stereocenters. The summed E-state index contributed by atoms with van der Waals surface area (Å²) in [4.78, 5) is 2.92. The van der Waals surface area contributed by atoms with E-state index < -0.39 is 0 Å². The number of rotatable bonds is 1. The molecule has 1 aromatic heterocycles. The highest BCUT2D eigenvalue weighted by atomic mass is 32.1. The zero-order valence-electron chi connectivity index (χ0n) is 6.05. The molecule has 1 aliphatic rings. The summed E-state index contributed by atoms with van der Waals surface area (Å²) < 4.78 is 0. The van der Waals surface area contributed by atoms with Gasteiger partial charge >= 0.3 is 0 Å². The molecule has 1 fully saturated rings. The van der Waals surface area contributed by atoms with Gasteiger partial charge in [0.15, 0.2) is 0 Å². The smallest absolute Gasteiger partial charge is 0.0427 e. The maximum atomic E-state index is 3.39. The van der Waals surface area contributed by atoms with E-state index in [9.17, 15) is 0 Å². The van der Waals surface area contributed by atoms with E-state index in [2.05, 4.69) is 24.4 Å². The van der Waals surface area contributed by atoms with Crippen LogP contribution in [0.1, 0.15) is 22.2 Å². The van der Waals surface area contributed by atoms with Gasteiger partial charge in [-0.25, -0.2) is 0 Å². The van der Waals surface area contributed by atoms with Crippen molar-refractivity contribution in [2.75, 3.05) is 6.54 Å². The Bertz CT molecular complexity index is 225. The van der Waals surface area contributed by atoms with E-state index in [4.69, 9.17) is 0 Å². The van der Waals surface area contributed by atoms with Gasteiger partial charge in [-0.05, 0) is 32.0 Å². The fraction of sp³-hybridized carbons (Fsp3) is 0.500. The summed E-state index contributed by atoms with van der Waals surface area (Å²) in [5, 5.41) is 3.39. The third-order valence-corrected chi connectivity index (χ3v) is 3.04. The van der Waals surface area contributed by atoms with Crippen molar-refractivity contribution in [1.82, 2.24) is 5.32 Å². The number of hydrogen-bond acceptors (Lipinski definition) is 2. The maximum absolute atomic E-state index is 3.39. The topological polar surface area (TPSA) is 12.0 Å². The van der Waals surface area contributed by atoms with Crippen molar-refractivity contribution in [3.63, 3.8) is 0 Å². The van der Waals surface area contributed by atoms with Crippen LogP contribution in [0, 0.1) is 6.92 Å². The van der Waals surface area contributed by atoms with Crippen LogP contribution in [-0.2, 0) is 0 Å². The summed E-state index contributed by atoms with van der Waals surface area (Å²) in [6.07, 6.45) is 1.32. The lowest BCUT2D eigenvalue weighted by Crippen LogP contribution is -2.34. The first-order chi connectivity index (χ1) is 4.86. The minimum absolute atomic E-state index is 0.679. The molecule has 0 bridgehead atoms. The number of nitrogens with one attached hydrogen (secondary N) is 1. The van der Waals surface area contributed by atoms with Crippen LogP contribution in [-0.4, -0.2) is 6.54 Å². The van der Waals surface area contributed by atoms with E-state index in [-0.39, 0.29) is 0 Å². The Labute approximate surface area is 65.1 Å². The van der Waals surface area contributed by atoms with Crippen LogP contribution in [0.25, 0.3) is 0 Å². The molecule has 0 aliphatic carbocycles. The van der Waals surface area contributed by atoms with Crippen molar-refractivity contribution < 1.29 is 0 Å². The largest absolute Gasteiger partial charge is 0.309 e. The van der Waals surface area contributed by atoms with Crippen LogP contribution in [0.2, 0.25) is 0 Å². The monoisotopic (exact) mass is 153 g/mol. The van der Waals surface area contributed by atoms with Gasteiger partial charge in [-0.3, -0.25) is 0 Å². The Morgan fingerprint density at radius 3 is 2.80 bits per heavy atom. The molecule has 2 heterocycles. The molecule has 2 heteroatoms. The van der Waals surface area contributed by atoms with Crippen molar-refractivity contribution in [3.8, 4) is 0 Å². The Hall–Kier alpha value is -0.340. The molecule has 1 aromatic rings. The van der Waals surface area contributed by atoms with E-state index in [0.29, 0.717) is 6.04 Å². The molecule has 1 N–H and O–H groups in total. The molecule has 0 spiro atoms. The van der Waals surface area contributed by atoms with E-state index in [1.807, 2.05) is 11.3 Å². The highest BCUT2D eigenvalue weighted by Gasteiger charge is 2.19. The summed E-state index contributed by atoms with van der Waals surface area (Å²) >= 11 is 1.91. The lowest BCUT2D eigenvalue weighted by Gasteiger charge is -2.26. The van der Waals surface area contributed by atoms with Crippen molar-refractivity contribution >= 4 is 11.3 Å². The van der Waals surface area contributed by atoms with Gasteiger partial charge in [0.1, 0.15) is 0 Å². The fourth-order valence-electron chi connectivity index (χ4n) is 1.17. The van der Waals surface area contributed by atoms with Gasteiger partial charge in [-0.1, -0.05) is 0 Å². The quantitative estimate of drug-likeness (QED) is 0.651. The molecule has 1 aliphatic heterocycles. The number of aryl methyl sites for hydroxylation is 1. The molecule has 0 radical (unpaired) electrons. The molecular weight excluding hydrogens is 142 g/mol. The predicted molar refractivity (Wildman–Crippen MR) is 44.4 cm³/mol. The molecule has 0 saturated carbocycles. The van der Waals surface area contributed by atoms with Gasteiger partial charge in [0.05, 0.1) is 0 Å². The van der Waals surface area contributed by atoms with Gasteiger partial charge in [-0.2, -0.15) is 0 Å². The SMILES string of the molecule is Cc1ccc([C@H]2CCN2)s1. The van der Waals surface area contributed by atoms with Gasteiger partial charge in [-0.15, -0.1) is 11.3 Å². The molecule has 10 heavy (non-hydrogen) atoms. The van der Waals surface area contributed by atoms with E-state index in [1.165, 1.54) is 22.7 Å². The van der Waals surface area contributed by atoms with Crippen LogP contribution in [0.3, 0.4) is 0 Å². The Morgan fingerprint density at radius 1 is 1.60 bits per heavy atom. The van der Waals surface area contributed by atoms with Crippen LogP contribution in [0.5, 0.6) is 0 Å². The summed E-state index contributed by atoms with van der Waals surface area (Å²) in [5.41, 5.74) is 0. The standard InChI is InChI=1S/C8H11NS/c1-6-2-3-8(10-6)7-4-5-9-7/h2-3,7,9H,4-5H2,1H3/t7-/m1/s1. The molecule has 2 rings (SSSR count). The molecular formula is C8H11NS. The van der Waals surface area contributed by atoms with Crippen LogP contribution in [0.15, 0.2) is 12.1 Å². The van der Waals surface area contributed by atoms with Crippen LogP contribution >= 0.6 is 11.3 Å². The maximum Gasteiger partial charge on any atom is 0.0427 e. The second kappa shape index (κ2) is 2.36. The summed E-state index contributed by atoms with van der Waals surface area (Å²) in [6, 6.07) is 5.11. The van der Waals surface area contributed by atoms with Crippen molar-refractivity contribution in [1.29, 1.82) is 0 Å². The predicted octanol–water partition coefficient (Wildman–Crippen LogP) is 2.09. The normalized spacial score (nSPS) is 24.3. The Morgan fingerprint density at radius 2 is 2.40 bits per heavy atom. The third-order valence-electron chi connectivity index (χ3n) is 1.93. The van der Waals surface area contributed by atoms with Crippen molar-refractivity contribution in [2.24, 2.45) is 0 Å². The second-order valence-corrected chi connectivity index (χ2v) is 4.06. The van der Waals surface area contributed by atoms with E-state index in [0.717, 1.165) is 0 Å².